The topological polar surface area (TPSA) is 55.2 Å². The van der Waals surface area contributed by atoms with E-state index in [4.69, 9.17) is 4.98 Å². The van der Waals surface area contributed by atoms with Gasteiger partial charge in [-0.05, 0) is 44.7 Å². The Kier molecular flexibility index (Phi) is 6.87. The van der Waals surface area contributed by atoms with Crippen LogP contribution >= 0.6 is 0 Å². The molecule has 1 fully saturated rings. The van der Waals surface area contributed by atoms with E-state index in [1.807, 2.05) is 36.1 Å². The molecule has 1 atom stereocenters. The molecule has 0 saturated heterocycles. The number of nitrogens with zero attached hydrogens (tertiary/aromatic N) is 3. The minimum atomic E-state index is -0.156. The maximum absolute atomic E-state index is 13.4. The van der Waals surface area contributed by atoms with Gasteiger partial charge in [-0.2, -0.15) is 0 Å². The number of carbonyl (C=O) groups is 1. The largest absolute Gasteiger partial charge is 0.332 e. The summed E-state index contributed by atoms with van der Waals surface area (Å²) in [7, 11) is 0. The average molecular weight is 384 g/mol. The molecule has 0 bridgehead atoms. The van der Waals surface area contributed by atoms with E-state index in [1.54, 1.807) is 4.57 Å². The molecular weight excluding hydrogens is 350 g/mol. The Labute approximate surface area is 167 Å². The maximum Gasteiger partial charge on any atom is 0.261 e. The molecule has 3 rings (SSSR count). The van der Waals surface area contributed by atoms with E-state index in [0.717, 1.165) is 62.8 Å². The van der Waals surface area contributed by atoms with Gasteiger partial charge in [0.05, 0.1) is 16.9 Å². The smallest absolute Gasteiger partial charge is 0.261 e. The molecule has 1 aromatic heterocycles. The van der Waals surface area contributed by atoms with E-state index in [9.17, 15) is 9.59 Å². The highest BCUT2D eigenvalue weighted by molar-refractivity contribution is 5.80. The zero-order chi connectivity index (χ0) is 20.1. The fourth-order valence-electron chi connectivity index (χ4n) is 4.44. The number of unbranched alkanes of at least 4 members (excludes halogenated alkanes) is 1. The van der Waals surface area contributed by atoms with Crippen molar-refractivity contribution in [1.82, 2.24) is 14.5 Å². The first-order chi connectivity index (χ1) is 13.6. The van der Waals surface area contributed by atoms with Crippen LogP contribution in [0, 0.1) is 5.92 Å². The highest BCUT2D eigenvalue weighted by Gasteiger charge is 2.33. The van der Waals surface area contributed by atoms with Crippen molar-refractivity contribution in [3.05, 3.63) is 40.4 Å². The van der Waals surface area contributed by atoms with Crippen LogP contribution < -0.4 is 5.56 Å². The summed E-state index contributed by atoms with van der Waals surface area (Å²) in [4.78, 5) is 33.4. The Bertz CT molecular complexity index is 868. The first kappa shape index (κ1) is 20.6. The number of aromatic nitrogens is 2. The molecule has 2 aromatic rings. The lowest BCUT2D eigenvalue weighted by Gasteiger charge is -2.34. The Hall–Kier alpha value is -2.17. The zero-order valence-corrected chi connectivity index (χ0v) is 17.5. The van der Waals surface area contributed by atoms with Crippen molar-refractivity contribution >= 4 is 16.8 Å². The van der Waals surface area contributed by atoms with Crippen LogP contribution in [0.5, 0.6) is 0 Å². The van der Waals surface area contributed by atoms with Crippen molar-refractivity contribution in [3.8, 4) is 0 Å². The summed E-state index contributed by atoms with van der Waals surface area (Å²) in [6, 6.07) is 7.35. The van der Waals surface area contributed by atoms with Crippen molar-refractivity contribution in [2.45, 2.75) is 78.3 Å². The van der Waals surface area contributed by atoms with Crippen LogP contribution in [-0.2, 0) is 11.3 Å². The standard InChI is InChI=1S/C23H33N3O2/c1-4-7-16-26(22(27)17-12-8-9-13-17)20(5-2)21-24-19-15-11-10-14-18(19)23(28)25(21)6-3/h10-11,14-15,17,20H,4-9,12-13,16H2,1-3H3. The van der Waals surface area contributed by atoms with Gasteiger partial charge in [0.2, 0.25) is 5.91 Å². The number of carbonyl (C=O) groups excluding carboxylic acids is 1. The molecule has 152 valence electrons. The van der Waals surface area contributed by atoms with Crippen LogP contribution in [0.3, 0.4) is 0 Å². The van der Waals surface area contributed by atoms with Gasteiger partial charge in [0.15, 0.2) is 0 Å². The summed E-state index contributed by atoms with van der Waals surface area (Å²) in [5, 5.41) is 0.644. The van der Waals surface area contributed by atoms with Gasteiger partial charge in [0.1, 0.15) is 5.82 Å². The lowest BCUT2D eigenvalue weighted by Crippen LogP contribution is -2.41. The number of para-hydroxylation sites is 1. The summed E-state index contributed by atoms with van der Waals surface area (Å²) < 4.78 is 1.76. The third-order valence-corrected chi connectivity index (χ3v) is 6.01. The predicted octanol–water partition coefficient (Wildman–Crippen LogP) is 4.69. The Morgan fingerprint density at radius 2 is 1.93 bits per heavy atom. The molecule has 5 heteroatoms. The Morgan fingerprint density at radius 1 is 1.21 bits per heavy atom. The molecule has 1 heterocycles. The summed E-state index contributed by atoms with van der Waals surface area (Å²) in [5.41, 5.74) is 0.708. The number of amides is 1. The van der Waals surface area contributed by atoms with Crippen LogP contribution in [-0.4, -0.2) is 26.9 Å². The van der Waals surface area contributed by atoms with E-state index in [2.05, 4.69) is 13.8 Å². The van der Waals surface area contributed by atoms with Gasteiger partial charge in [-0.15, -0.1) is 0 Å². The summed E-state index contributed by atoms with van der Waals surface area (Å²) >= 11 is 0. The molecule has 1 aliphatic rings. The summed E-state index contributed by atoms with van der Waals surface area (Å²) in [6.45, 7) is 7.50. The summed E-state index contributed by atoms with van der Waals surface area (Å²) in [5.74, 6) is 1.12. The third-order valence-electron chi connectivity index (χ3n) is 6.01. The van der Waals surface area contributed by atoms with Crippen LogP contribution in [0.2, 0.25) is 0 Å². The SMILES string of the molecule is CCCCN(C(=O)C1CCCC1)C(CC)c1nc2ccccc2c(=O)n1CC. The second kappa shape index (κ2) is 9.35. The molecule has 0 spiro atoms. The van der Waals surface area contributed by atoms with Crippen LogP contribution in [0.4, 0.5) is 0 Å². The monoisotopic (exact) mass is 383 g/mol. The van der Waals surface area contributed by atoms with Gasteiger partial charge >= 0.3 is 0 Å². The van der Waals surface area contributed by atoms with E-state index < -0.39 is 0 Å². The number of rotatable bonds is 8. The predicted molar refractivity (Wildman–Crippen MR) is 113 cm³/mol. The molecule has 1 amide bonds. The lowest BCUT2D eigenvalue weighted by molar-refractivity contribution is -0.138. The van der Waals surface area contributed by atoms with E-state index in [1.165, 1.54) is 0 Å². The molecule has 0 radical (unpaired) electrons. The fraction of sp³-hybridized carbons (Fsp3) is 0.609. The highest BCUT2D eigenvalue weighted by Crippen LogP contribution is 2.31. The molecule has 1 unspecified atom stereocenters. The van der Waals surface area contributed by atoms with Crippen molar-refractivity contribution in [2.75, 3.05) is 6.54 Å². The molecule has 28 heavy (non-hydrogen) atoms. The number of benzene rings is 1. The minimum absolute atomic E-state index is 0.00898. The number of hydrogen-bond donors (Lipinski definition) is 0. The minimum Gasteiger partial charge on any atom is -0.332 e. The second-order valence-corrected chi connectivity index (χ2v) is 7.83. The Morgan fingerprint density at radius 3 is 2.57 bits per heavy atom. The van der Waals surface area contributed by atoms with Gasteiger partial charge in [-0.3, -0.25) is 14.2 Å². The van der Waals surface area contributed by atoms with Crippen LogP contribution in [0.15, 0.2) is 29.1 Å². The summed E-state index contributed by atoms with van der Waals surface area (Å²) in [6.07, 6.45) is 7.03. The highest BCUT2D eigenvalue weighted by atomic mass is 16.2. The normalized spacial score (nSPS) is 15.8. The molecule has 1 aliphatic carbocycles. The van der Waals surface area contributed by atoms with Gasteiger partial charge in [-0.1, -0.05) is 45.2 Å². The fourth-order valence-corrected chi connectivity index (χ4v) is 4.44. The van der Waals surface area contributed by atoms with E-state index in [-0.39, 0.29) is 23.4 Å². The molecule has 0 N–H and O–H groups in total. The van der Waals surface area contributed by atoms with Crippen molar-refractivity contribution in [1.29, 1.82) is 0 Å². The van der Waals surface area contributed by atoms with Crippen molar-refractivity contribution < 1.29 is 4.79 Å². The molecule has 1 aromatic carbocycles. The Balaban J connectivity index is 2.08. The van der Waals surface area contributed by atoms with Gasteiger partial charge in [-0.25, -0.2) is 4.98 Å². The molecule has 5 nitrogen and oxygen atoms in total. The van der Waals surface area contributed by atoms with E-state index in [0.29, 0.717) is 11.9 Å². The zero-order valence-electron chi connectivity index (χ0n) is 17.5. The first-order valence-corrected chi connectivity index (χ1v) is 10.9. The number of hydrogen-bond acceptors (Lipinski definition) is 3. The number of fused-ring (bicyclic) bond motifs is 1. The second-order valence-electron chi connectivity index (χ2n) is 7.83. The molecule has 0 aliphatic heterocycles. The lowest BCUT2D eigenvalue weighted by atomic mass is 10.0. The third kappa shape index (κ3) is 3.98. The van der Waals surface area contributed by atoms with Crippen LogP contribution in [0.25, 0.3) is 10.9 Å². The van der Waals surface area contributed by atoms with Crippen LogP contribution in [0.1, 0.15) is 77.6 Å². The first-order valence-electron chi connectivity index (χ1n) is 10.9. The van der Waals surface area contributed by atoms with Gasteiger partial charge < -0.3 is 4.90 Å². The molecule has 1 saturated carbocycles. The average Bonchev–Trinajstić information content (AvgIpc) is 3.25. The van der Waals surface area contributed by atoms with Gasteiger partial charge in [0, 0.05) is 19.0 Å². The maximum atomic E-state index is 13.4. The van der Waals surface area contributed by atoms with Crippen molar-refractivity contribution in [3.63, 3.8) is 0 Å². The van der Waals surface area contributed by atoms with Gasteiger partial charge in [0.25, 0.3) is 5.56 Å². The quantitative estimate of drug-likeness (QED) is 0.665. The van der Waals surface area contributed by atoms with E-state index >= 15 is 0 Å². The molecular formula is C23H33N3O2. The van der Waals surface area contributed by atoms with Crippen molar-refractivity contribution in [2.24, 2.45) is 5.92 Å².